The van der Waals surface area contributed by atoms with E-state index in [9.17, 15) is 19.6 Å². The summed E-state index contributed by atoms with van der Waals surface area (Å²) in [6.07, 6.45) is 1.14. The van der Waals surface area contributed by atoms with Crippen LogP contribution < -0.4 is 11.2 Å². The van der Waals surface area contributed by atoms with Crippen molar-refractivity contribution in [3.8, 4) is 17.3 Å². The van der Waals surface area contributed by atoms with Crippen LogP contribution in [-0.4, -0.2) is 52.1 Å². The first kappa shape index (κ1) is 31.6. The molecule has 4 aromatic rings. The molecule has 0 saturated carbocycles. The second-order valence-corrected chi connectivity index (χ2v) is 17.7. The molecule has 0 bridgehead atoms. The third-order valence-electron chi connectivity index (χ3n) is 7.78. The highest BCUT2D eigenvalue weighted by Gasteiger charge is 2.38. The van der Waals surface area contributed by atoms with Crippen molar-refractivity contribution < 1.29 is 14.0 Å². The van der Waals surface area contributed by atoms with E-state index in [0.717, 1.165) is 15.9 Å². The number of nitriles is 1. The smallest absolute Gasteiger partial charge is 0.330 e. The molecule has 1 aromatic carbocycles. The first-order valence-corrected chi connectivity index (χ1v) is 17.5. The van der Waals surface area contributed by atoms with Crippen molar-refractivity contribution in [2.45, 2.75) is 51.6 Å². The molecule has 4 rings (SSSR count). The van der Waals surface area contributed by atoms with Gasteiger partial charge in [0, 0.05) is 31.2 Å². The van der Waals surface area contributed by atoms with Crippen molar-refractivity contribution in [3.63, 3.8) is 0 Å². The van der Waals surface area contributed by atoms with Crippen LogP contribution in [0.25, 0.3) is 22.2 Å². The van der Waals surface area contributed by atoms with E-state index >= 15 is 0 Å². The van der Waals surface area contributed by atoms with E-state index in [1.54, 1.807) is 36.8 Å². The maximum Gasteiger partial charge on any atom is 0.330 e. The molecule has 1 unspecified atom stereocenters. The minimum absolute atomic E-state index is 0.0550. The standard InChI is InChI=1S/C29H34ClN5O5SSi/c1-29(2,3)42(6,7)40-15-20(39-16-22(36)26-32-23(30)17-41-26)13-35-14-21-24(27(37)34(5)28(38)33(21)4)25(35)19-10-8-9-18(11-19)12-31/h8-11,14,17,20H,13,15-16H2,1-7H3. The number of ketones is 1. The van der Waals surface area contributed by atoms with Crippen LogP contribution in [-0.2, 0) is 29.8 Å². The van der Waals surface area contributed by atoms with Gasteiger partial charge in [-0.05, 0) is 30.3 Å². The zero-order valence-corrected chi connectivity index (χ0v) is 27.3. The zero-order valence-electron chi connectivity index (χ0n) is 24.7. The van der Waals surface area contributed by atoms with Gasteiger partial charge in [0.05, 0.1) is 47.5 Å². The van der Waals surface area contributed by atoms with Gasteiger partial charge >= 0.3 is 5.69 Å². The lowest BCUT2D eigenvalue weighted by atomic mass is 10.1. The number of carbonyl (C=O) groups excluding carboxylic acids is 1. The molecular formula is C29H34ClN5O5SSi. The molecular weight excluding hydrogens is 594 g/mol. The number of Topliss-reactive ketones (excluding diaryl/α,β-unsaturated/α-hetero) is 1. The van der Waals surface area contributed by atoms with Gasteiger partial charge in [-0.15, -0.1) is 11.3 Å². The quantitative estimate of drug-likeness (QED) is 0.180. The number of aryl methyl sites for hydroxylation is 1. The molecule has 0 radical (unpaired) electrons. The van der Waals surface area contributed by atoms with Gasteiger partial charge in [0.1, 0.15) is 11.8 Å². The number of thiazole rings is 1. The Bertz CT molecular complexity index is 1810. The van der Waals surface area contributed by atoms with Gasteiger partial charge in [-0.1, -0.05) is 44.5 Å². The van der Waals surface area contributed by atoms with Crippen molar-refractivity contribution in [2.75, 3.05) is 13.2 Å². The Labute approximate surface area is 253 Å². The highest BCUT2D eigenvalue weighted by atomic mass is 35.5. The fourth-order valence-corrected chi connectivity index (χ4v) is 6.21. The number of hydrogen-bond donors (Lipinski definition) is 0. The molecule has 10 nitrogen and oxygen atoms in total. The topological polar surface area (TPSA) is 121 Å². The van der Waals surface area contributed by atoms with E-state index in [2.05, 4.69) is 44.9 Å². The Morgan fingerprint density at radius 1 is 1.21 bits per heavy atom. The van der Waals surface area contributed by atoms with E-state index in [-0.39, 0.29) is 40.7 Å². The summed E-state index contributed by atoms with van der Waals surface area (Å²) >= 11 is 7.07. The molecule has 222 valence electrons. The van der Waals surface area contributed by atoms with Crippen LogP contribution in [0.15, 0.2) is 45.4 Å². The number of carbonyl (C=O) groups is 1. The largest absolute Gasteiger partial charge is 0.414 e. The monoisotopic (exact) mass is 627 g/mol. The van der Waals surface area contributed by atoms with E-state index in [4.69, 9.17) is 20.8 Å². The van der Waals surface area contributed by atoms with Gasteiger partial charge in [-0.3, -0.25) is 18.7 Å². The number of fused-ring (bicyclic) bond motifs is 1. The predicted octanol–water partition coefficient (Wildman–Crippen LogP) is 4.98. The third kappa shape index (κ3) is 6.35. The summed E-state index contributed by atoms with van der Waals surface area (Å²) in [5, 5.41) is 11.9. The zero-order chi connectivity index (χ0) is 31.0. The van der Waals surface area contributed by atoms with Crippen LogP contribution in [0.4, 0.5) is 0 Å². The normalized spacial score (nSPS) is 12.9. The SMILES string of the molecule is Cn1c(=O)c2c(-c3cccc(C#N)c3)n(CC(CO[Si](C)(C)C(C)(C)C)OCC(=O)c3nc(Cl)cs3)cc2n(C)c1=O. The summed E-state index contributed by atoms with van der Waals surface area (Å²) in [5.74, 6) is -0.305. The van der Waals surface area contributed by atoms with Gasteiger partial charge in [-0.25, -0.2) is 9.78 Å². The predicted molar refractivity (Wildman–Crippen MR) is 167 cm³/mol. The Kier molecular flexibility index (Phi) is 9.10. The lowest BCUT2D eigenvalue weighted by Crippen LogP contribution is -2.43. The number of halogens is 1. The molecule has 0 aliphatic carbocycles. The molecule has 42 heavy (non-hydrogen) atoms. The molecule has 0 fully saturated rings. The molecule has 1 atom stereocenters. The highest BCUT2D eigenvalue weighted by molar-refractivity contribution is 7.12. The number of ether oxygens (including phenoxy) is 1. The van der Waals surface area contributed by atoms with Crippen molar-refractivity contribution in [1.29, 1.82) is 5.26 Å². The summed E-state index contributed by atoms with van der Waals surface area (Å²) in [5.41, 5.74) is 1.14. The highest BCUT2D eigenvalue weighted by Crippen LogP contribution is 2.37. The van der Waals surface area contributed by atoms with Crippen LogP contribution in [0.3, 0.4) is 0 Å². The van der Waals surface area contributed by atoms with Crippen LogP contribution in [0.1, 0.15) is 36.1 Å². The Morgan fingerprint density at radius 2 is 1.93 bits per heavy atom. The molecule has 0 spiro atoms. The Morgan fingerprint density at radius 3 is 2.55 bits per heavy atom. The fourth-order valence-electron chi connectivity index (χ4n) is 4.31. The average Bonchev–Trinajstić information content (AvgIpc) is 3.55. The summed E-state index contributed by atoms with van der Waals surface area (Å²) < 4.78 is 17.0. The maximum absolute atomic E-state index is 13.5. The second kappa shape index (κ2) is 12.1. The average molecular weight is 628 g/mol. The van der Waals surface area contributed by atoms with Crippen molar-refractivity contribution in [2.24, 2.45) is 14.1 Å². The van der Waals surface area contributed by atoms with Crippen molar-refractivity contribution in [1.82, 2.24) is 18.7 Å². The van der Waals surface area contributed by atoms with Gasteiger partial charge in [0.2, 0.25) is 5.78 Å². The van der Waals surface area contributed by atoms with E-state index in [1.165, 1.54) is 11.6 Å². The summed E-state index contributed by atoms with van der Waals surface area (Å²) in [6, 6.07) is 9.09. The molecule has 13 heteroatoms. The van der Waals surface area contributed by atoms with Crippen molar-refractivity contribution >= 4 is 47.9 Å². The van der Waals surface area contributed by atoms with Gasteiger partial charge < -0.3 is 13.7 Å². The van der Waals surface area contributed by atoms with E-state index in [0.29, 0.717) is 27.7 Å². The van der Waals surface area contributed by atoms with Crippen LogP contribution in [0, 0.1) is 11.3 Å². The lowest BCUT2D eigenvalue weighted by molar-refractivity contribution is 0.0108. The molecule has 0 amide bonds. The van der Waals surface area contributed by atoms with Crippen LogP contribution in [0.2, 0.25) is 23.3 Å². The summed E-state index contributed by atoms with van der Waals surface area (Å²) in [7, 11) is 0.851. The first-order chi connectivity index (χ1) is 19.6. The van der Waals surface area contributed by atoms with Gasteiger partial charge in [0.25, 0.3) is 5.56 Å². The molecule has 3 heterocycles. The first-order valence-electron chi connectivity index (χ1n) is 13.3. The summed E-state index contributed by atoms with van der Waals surface area (Å²) in [6.45, 7) is 10.9. The molecule has 0 aliphatic heterocycles. The fraction of sp³-hybridized carbons (Fsp3) is 0.414. The summed E-state index contributed by atoms with van der Waals surface area (Å²) in [4.78, 5) is 43.1. The maximum atomic E-state index is 13.5. The molecule has 0 saturated heterocycles. The number of rotatable bonds is 10. The number of nitrogens with zero attached hydrogens (tertiary/aromatic N) is 5. The Hall–Kier alpha value is -3.34. The van der Waals surface area contributed by atoms with E-state index < -0.39 is 25.7 Å². The molecule has 0 aliphatic rings. The third-order valence-corrected chi connectivity index (χ3v) is 13.5. The second-order valence-electron chi connectivity index (χ2n) is 11.7. The Balaban J connectivity index is 1.80. The number of hydrogen-bond acceptors (Lipinski definition) is 8. The number of benzene rings is 1. The number of aromatic nitrogens is 4. The van der Waals surface area contributed by atoms with E-state index in [1.807, 2.05) is 10.6 Å². The molecule has 3 aromatic heterocycles. The minimum Gasteiger partial charge on any atom is -0.414 e. The van der Waals surface area contributed by atoms with Gasteiger partial charge in [0.15, 0.2) is 13.3 Å². The van der Waals surface area contributed by atoms with Crippen molar-refractivity contribution in [3.05, 3.63) is 72.4 Å². The van der Waals surface area contributed by atoms with Crippen LogP contribution in [0.5, 0.6) is 0 Å². The lowest BCUT2D eigenvalue weighted by Gasteiger charge is -2.37. The van der Waals surface area contributed by atoms with Gasteiger partial charge in [-0.2, -0.15) is 5.26 Å². The minimum atomic E-state index is -2.19. The molecule has 0 N–H and O–H groups in total. The van der Waals surface area contributed by atoms with Crippen LogP contribution >= 0.6 is 22.9 Å².